The van der Waals surface area contributed by atoms with Gasteiger partial charge in [-0.25, -0.2) is 0 Å². The molecule has 126 valence electrons. The first kappa shape index (κ1) is 16.7. The number of benzene rings is 1. The summed E-state index contributed by atoms with van der Waals surface area (Å²) in [6.45, 7) is 0. The molecule has 0 saturated heterocycles. The highest BCUT2D eigenvalue weighted by Gasteiger charge is 2.18. The van der Waals surface area contributed by atoms with Crippen LogP contribution in [0.2, 0.25) is 0 Å². The van der Waals surface area contributed by atoms with E-state index in [0.717, 1.165) is 12.8 Å². The Morgan fingerprint density at radius 2 is 1.83 bits per heavy atom. The molecular formula is C19H21NO3S. The molecule has 1 amide bonds. The first-order valence-electron chi connectivity index (χ1n) is 8.36. The molecule has 4 nitrogen and oxygen atoms in total. The van der Waals surface area contributed by atoms with Crippen molar-refractivity contribution >= 4 is 28.9 Å². The van der Waals surface area contributed by atoms with Gasteiger partial charge in [-0.1, -0.05) is 25.3 Å². The minimum atomic E-state index is -0.169. The van der Waals surface area contributed by atoms with Crippen LogP contribution in [-0.2, 0) is 4.79 Å². The average molecular weight is 343 g/mol. The monoisotopic (exact) mass is 343 g/mol. The van der Waals surface area contributed by atoms with Gasteiger partial charge >= 0.3 is 5.97 Å². The predicted molar refractivity (Wildman–Crippen MR) is 95.5 cm³/mol. The van der Waals surface area contributed by atoms with E-state index in [1.165, 1.54) is 30.6 Å². The van der Waals surface area contributed by atoms with E-state index >= 15 is 0 Å². The Hall–Kier alpha value is -2.14. The molecule has 0 radical (unpaired) electrons. The molecule has 0 atom stereocenters. The molecule has 1 N–H and O–H groups in total. The molecule has 1 fully saturated rings. The number of carbonyl (C=O) groups is 2. The normalized spacial score (nSPS) is 15.0. The maximum atomic E-state index is 12.0. The summed E-state index contributed by atoms with van der Waals surface area (Å²) in [6.07, 6.45) is 6.47. The van der Waals surface area contributed by atoms with Crippen molar-refractivity contribution in [1.82, 2.24) is 0 Å². The maximum absolute atomic E-state index is 12.0. The lowest BCUT2D eigenvalue weighted by atomic mass is 9.87. The van der Waals surface area contributed by atoms with Gasteiger partial charge in [-0.2, -0.15) is 0 Å². The smallest absolute Gasteiger partial charge is 0.311 e. The molecule has 2 aromatic rings. The Balaban J connectivity index is 1.50. The Kier molecular flexibility index (Phi) is 5.64. The van der Waals surface area contributed by atoms with Crippen molar-refractivity contribution in [3.63, 3.8) is 0 Å². The SMILES string of the molecule is O=C(CC1CCCCC1)Oc1ccc(NC(=O)c2cccs2)cc1. The molecule has 3 rings (SSSR count). The summed E-state index contributed by atoms with van der Waals surface area (Å²) in [7, 11) is 0. The highest BCUT2D eigenvalue weighted by Crippen LogP contribution is 2.27. The molecule has 1 saturated carbocycles. The van der Waals surface area contributed by atoms with Crippen molar-refractivity contribution in [2.24, 2.45) is 5.92 Å². The number of hydrogen-bond donors (Lipinski definition) is 1. The molecule has 0 bridgehead atoms. The van der Waals surface area contributed by atoms with E-state index in [1.54, 1.807) is 30.3 Å². The molecule has 1 aliphatic rings. The van der Waals surface area contributed by atoms with Crippen LogP contribution in [0.3, 0.4) is 0 Å². The lowest BCUT2D eigenvalue weighted by Gasteiger charge is -2.20. The summed E-state index contributed by atoms with van der Waals surface area (Å²) in [5.74, 6) is 0.685. The van der Waals surface area contributed by atoms with E-state index < -0.39 is 0 Å². The van der Waals surface area contributed by atoms with Crippen molar-refractivity contribution in [2.45, 2.75) is 38.5 Å². The summed E-state index contributed by atoms with van der Waals surface area (Å²) in [5.41, 5.74) is 0.681. The van der Waals surface area contributed by atoms with Crippen molar-refractivity contribution < 1.29 is 14.3 Å². The second kappa shape index (κ2) is 8.11. The van der Waals surface area contributed by atoms with E-state index in [9.17, 15) is 9.59 Å². The van der Waals surface area contributed by atoms with Crippen LogP contribution in [0, 0.1) is 5.92 Å². The third kappa shape index (κ3) is 4.68. The molecule has 1 aromatic carbocycles. The summed E-state index contributed by atoms with van der Waals surface area (Å²) in [4.78, 5) is 24.6. The number of ether oxygens (including phenoxy) is 1. The Morgan fingerprint density at radius 1 is 1.08 bits per heavy atom. The molecule has 0 spiro atoms. The fraction of sp³-hybridized carbons (Fsp3) is 0.368. The summed E-state index contributed by atoms with van der Waals surface area (Å²) >= 11 is 1.40. The number of anilines is 1. The van der Waals surface area contributed by atoms with Crippen LogP contribution in [0.25, 0.3) is 0 Å². The number of carbonyl (C=O) groups excluding carboxylic acids is 2. The van der Waals surface area contributed by atoms with E-state index in [-0.39, 0.29) is 11.9 Å². The fourth-order valence-electron chi connectivity index (χ4n) is 3.01. The molecule has 24 heavy (non-hydrogen) atoms. The van der Waals surface area contributed by atoms with Gasteiger partial charge in [-0.15, -0.1) is 11.3 Å². The minimum absolute atomic E-state index is 0.132. The summed E-state index contributed by atoms with van der Waals surface area (Å²) < 4.78 is 5.40. The number of esters is 1. The minimum Gasteiger partial charge on any atom is -0.427 e. The third-order valence-electron chi connectivity index (χ3n) is 4.27. The molecule has 1 aliphatic carbocycles. The second-order valence-electron chi connectivity index (χ2n) is 6.14. The van der Waals surface area contributed by atoms with Crippen molar-refractivity contribution in [2.75, 3.05) is 5.32 Å². The molecule has 0 aliphatic heterocycles. The van der Waals surface area contributed by atoms with Gasteiger partial charge in [0.1, 0.15) is 5.75 Å². The fourth-order valence-corrected chi connectivity index (χ4v) is 3.63. The van der Waals surface area contributed by atoms with E-state index in [1.807, 2.05) is 11.4 Å². The van der Waals surface area contributed by atoms with E-state index in [2.05, 4.69) is 5.32 Å². The standard InChI is InChI=1S/C19H21NO3S/c21-18(13-14-5-2-1-3-6-14)23-16-10-8-15(9-11-16)20-19(22)17-7-4-12-24-17/h4,7-12,14H,1-3,5-6,13H2,(H,20,22). The number of thiophene rings is 1. The first-order valence-corrected chi connectivity index (χ1v) is 9.24. The van der Waals surface area contributed by atoms with Crippen LogP contribution in [0.15, 0.2) is 41.8 Å². The van der Waals surface area contributed by atoms with Crippen LogP contribution in [-0.4, -0.2) is 11.9 Å². The molecule has 1 heterocycles. The molecule has 5 heteroatoms. The van der Waals surface area contributed by atoms with Crippen LogP contribution in [0.1, 0.15) is 48.2 Å². The zero-order valence-electron chi connectivity index (χ0n) is 13.5. The maximum Gasteiger partial charge on any atom is 0.311 e. The Morgan fingerprint density at radius 3 is 2.50 bits per heavy atom. The second-order valence-corrected chi connectivity index (χ2v) is 7.09. The lowest BCUT2D eigenvalue weighted by molar-refractivity contribution is -0.135. The summed E-state index contributed by atoms with van der Waals surface area (Å²) in [5, 5.41) is 4.69. The largest absolute Gasteiger partial charge is 0.427 e. The van der Waals surface area contributed by atoms with Gasteiger partial charge in [-0.3, -0.25) is 9.59 Å². The van der Waals surface area contributed by atoms with Gasteiger partial charge in [0.05, 0.1) is 4.88 Å². The third-order valence-corrected chi connectivity index (χ3v) is 5.14. The van der Waals surface area contributed by atoms with Crippen molar-refractivity contribution in [1.29, 1.82) is 0 Å². The zero-order valence-corrected chi connectivity index (χ0v) is 14.3. The van der Waals surface area contributed by atoms with Gasteiger partial charge < -0.3 is 10.1 Å². The highest BCUT2D eigenvalue weighted by atomic mass is 32.1. The van der Waals surface area contributed by atoms with Crippen LogP contribution in [0.5, 0.6) is 5.75 Å². The molecular weight excluding hydrogens is 322 g/mol. The Bertz CT molecular complexity index is 673. The van der Waals surface area contributed by atoms with Gasteiger partial charge in [0, 0.05) is 12.1 Å². The van der Waals surface area contributed by atoms with Crippen molar-refractivity contribution in [3.8, 4) is 5.75 Å². The van der Waals surface area contributed by atoms with Crippen LogP contribution in [0.4, 0.5) is 5.69 Å². The lowest BCUT2D eigenvalue weighted by Crippen LogP contribution is -2.16. The van der Waals surface area contributed by atoms with Gasteiger partial charge in [0.25, 0.3) is 5.91 Å². The zero-order chi connectivity index (χ0) is 16.8. The molecule has 0 unspecified atom stereocenters. The van der Waals surface area contributed by atoms with Crippen molar-refractivity contribution in [3.05, 3.63) is 46.7 Å². The highest BCUT2D eigenvalue weighted by molar-refractivity contribution is 7.12. The molecule has 1 aromatic heterocycles. The number of hydrogen-bond acceptors (Lipinski definition) is 4. The van der Waals surface area contributed by atoms with Gasteiger partial charge in [-0.05, 0) is 54.5 Å². The van der Waals surface area contributed by atoms with Gasteiger partial charge in [0.2, 0.25) is 0 Å². The average Bonchev–Trinajstić information content (AvgIpc) is 3.12. The number of rotatable bonds is 5. The quantitative estimate of drug-likeness (QED) is 0.622. The number of nitrogens with one attached hydrogen (secondary N) is 1. The topological polar surface area (TPSA) is 55.4 Å². The Labute approximate surface area is 145 Å². The number of amides is 1. The predicted octanol–water partition coefficient (Wildman–Crippen LogP) is 4.88. The van der Waals surface area contributed by atoms with E-state index in [0.29, 0.717) is 28.7 Å². The van der Waals surface area contributed by atoms with Crippen LogP contribution < -0.4 is 10.1 Å². The summed E-state index contributed by atoms with van der Waals surface area (Å²) in [6, 6.07) is 10.5. The first-order chi connectivity index (χ1) is 11.7. The van der Waals surface area contributed by atoms with Crippen LogP contribution >= 0.6 is 11.3 Å². The van der Waals surface area contributed by atoms with E-state index in [4.69, 9.17) is 4.74 Å². The van der Waals surface area contributed by atoms with Gasteiger partial charge in [0.15, 0.2) is 0 Å².